The summed E-state index contributed by atoms with van der Waals surface area (Å²) in [7, 11) is 0. The monoisotopic (exact) mass is 283 g/mol. The number of hydrogen-bond acceptors (Lipinski definition) is 1. The van der Waals surface area contributed by atoms with Gasteiger partial charge < -0.3 is 5.32 Å². The summed E-state index contributed by atoms with van der Waals surface area (Å²) in [5, 5.41) is 2.93. The molecule has 0 rings (SSSR count). The van der Waals surface area contributed by atoms with Crippen LogP contribution in [0.1, 0.15) is 104 Å². The lowest BCUT2D eigenvalue weighted by Crippen LogP contribution is -2.23. The Morgan fingerprint density at radius 3 is 1.55 bits per heavy atom. The minimum Gasteiger partial charge on any atom is -0.356 e. The molecule has 0 aromatic carbocycles. The third-order valence-electron chi connectivity index (χ3n) is 3.83. The molecule has 1 N–H and O–H groups in total. The molecule has 0 fully saturated rings. The van der Waals surface area contributed by atoms with Gasteiger partial charge in [0.25, 0.3) is 0 Å². The van der Waals surface area contributed by atoms with E-state index in [0.29, 0.717) is 0 Å². The zero-order valence-electron chi connectivity index (χ0n) is 14.0. The average Bonchev–Trinajstić information content (AvgIpc) is 2.46. The van der Waals surface area contributed by atoms with E-state index in [1.807, 2.05) is 0 Å². The van der Waals surface area contributed by atoms with Crippen molar-refractivity contribution < 1.29 is 4.79 Å². The largest absolute Gasteiger partial charge is 0.356 e. The van der Waals surface area contributed by atoms with Gasteiger partial charge in [-0.05, 0) is 12.8 Å². The lowest BCUT2D eigenvalue weighted by atomic mass is 10.0. The van der Waals surface area contributed by atoms with E-state index in [9.17, 15) is 4.79 Å². The summed E-state index contributed by atoms with van der Waals surface area (Å²) >= 11 is 0. The Morgan fingerprint density at radius 2 is 1.10 bits per heavy atom. The molecule has 0 unspecified atom stereocenters. The van der Waals surface area contributed by atoms with Crippen molar-refractivity contribution in [3.63, 3.8) is 0 Å². The summed E-state index contributed by atoms with van der Waals surface area (Å²) in [6.45, 7) is 5.19. The SMILES string of the molecule is CCCCCCCCCCCCCCC(=O)NCCC. The van der Waals surface area contributed by atoms with Gasteiger partial charge in [-0.1, -0.05) is 84.5 Å². The highest BCUT2D eigenvalue weighted by Crippen LogP contribution is 2.12. The van der Waals surface area contributed by atoms with Gasteiger partial charge in [-0.2, -0.15) is 0 Å². The molecule has 1 amide bonds. The molecular formula is C18H37NO. The van der Waals surface area contributed by atoms with Gasteiger partial charge in [-0.15, -0.1) is 0 Å². The zero-order chi connectivity index (χ0) is 14.9. The molecular weight excluding hydrogens is 246 g/mol. The molecule has 0 heterocycles. The van der Waals surface area contributed by atoms with Crippen LogP contribution in [0.25, 0.3) is 0 Å². The predicted molar refractivity (Wildman–Crippen MR) is 89.0 cm³/mol. The third-order valence-corrected chi connectivity index (χ3v) is 3.83. The summed E-state index contributed by atoms with van der Waals surface area (Å²) in [6, 6.07) is 0. The smallest absolute Gasteiger partial charge is 0.219 e. The number of carbonyl (C=O) groups excluding carboxylic acids is 1. The number of unbranched alkanes of at least 4 members (excludes halogenated alkanes) is 11. The average molecular weight is 284 g/mol. The number of hydrogen-bond donors (Lipinski definition) is 1. The molecule has 0 spiro atoms. The van der Waals surface area contributed by atoms with Crippen molar-refractivity contribution in [3.8, 4) is 0 Å². The minimum atomic E-state index is 0.235. The molecule has 0 aromatic rings. The Morgan fingerprint density at radius 1 is 0.650 bits per heavy atom. The van der Waals surface area contributed by atoms with E-state index in [-0.39, 0.29) is 5.91 Å². The molecule has 0 aliphatic rings. The van der Waals surface area contributed by atoms with Gasteiger partial charge in [-0.3, -0.25) is 4.79 Å². The topological polar surface area (TPSA) is 29.1 Å². The van der Waals surface area contributed by atoms with Crippen LogP contribution in [0.5, 0.6) is 0 Å². The Labute approximate surface area is 127 Å². The van der Waals surface area contributed by atoms with Gasteiger partial charge in [0, 0.05) is 13.0 Å². The van der Waals surface area contributed by atoms with E-state index in [0.717, 1.165) is 25.8 Å². The fraction of sp³-hybridized carbons (Fsp3) is 0.944. The molecule has 0 saturated heterocycles. The second-order valence-corrected chi connectivity index (χ2v) is 5.99. The number of nitrogens with one attached hydrogen (secondary N) is 1. The van der Waals surface area contributed by atoms with E-state index < -0.39 is 0 Å². The van der Waals surface area contributed by atoms with Crippen LogP contribution in [0.3, 0.4) is 0 Å². The normalized spacial score (nSPS) is 10.7. The summed E-state index contributed by atoms with van der Waals surface area (Å²) in [5.74, 6) is 0.235. The number of amides is 1. The number of rotatable bonds is 15. The van der Waals surface area contributed by atoms with Gasteiger partial charge in [0.05, 0.1) is 0 Å². The first-order valence-corrected chi connectivity index (χ1v) is 9.08. The molecule has 0 saturated carbocycles. The lowest BCUT2D eigenvalue weighted by molar-refractivity contribution is -0.121. The molecule has 20 heavy (non-hydrogen) atoms. The van der Waals surface area contributed by atoms with Crippen molar-refractivity contribution in [2.24, 2.45) is 0 Å². The maximum absolute atomic E-state index is 11.4. The first kappa shape index (κ1) is 19.5. The molecule has 2 heteroatoms. The lowest BCUT2D eigenvalue weighted by Gasteiger charge is -2.04. The standard InChI is InChI=1S/C18H37NO/c1-3-5-6-7-8-9-10-11-12-13-14-15-16-18(20)19-17-4-2/h3-17H2,1-2H3,(H,19,20). The quantitative estimate of drug-likeness (QED) is 0.389. The van der Waals surface area contributed by atoms with Crippen molar-refractivity contribution >= 4 is 5.91 Å². The van der Waals surface area contributed by atoms with Crippen LogP contribution < -0.4 is 5.32 Å². The highest BCUT2D eigenvalue weighted by atomic mass is 16.1. The molecule has 0 aromatic heterocycles. The first-order valence-electron chi connectivity index (χ1n) is 9.08. The molecule has 2 nitrogen and oxygen atoms in total. The van der Waals surface area contributed by atoms with E-state index in [1.54, 1.807) is 0 Å². The van der Waals surface area contributed by atoms with Crippen molar-refractivity contribution in [1.29, 1.82) is 0 Å². The van der Waals surface area contributed by atoms with Gasteiger partial charge in [0.15, 0.2) is 0 Å². The van der Waals surface area contributed by atoms with Crippen LogP contribution in [0.2, 0.25) is 0 Å². The summed E-state index contributed by atoms with van der Waals surface area (Å²) in [6.07, 6.45) is 17.9. The first-order chi connectivity index (χ1) is 9.81. The van der Waals surface area contributed by atoms with E-state index in [2.05, 4.69) is 19.2 Å². The van der Waals surface area contributed by atoms with E-state index in [4.69, 9.17) is 0 Å². The second kappa shape index (κ2) is 16.5. The van der Waals surface area contributed by atoms with Crippen LogP contribution in [-0.4, -0.2) is 12.5 Å². The third kappa shape index (κ3) is 15.5. The molecule has 0 aliphatic carbocycles. The Bertz CT molecular complexity index is 204. The molecule has 0 radical (unpaired) electrons. The van der Waals surface area contributed by atoms with Crippen molar-refractivity contribution in [1.82, 2.24) is 5.32 Å². The Balaban J connectivity index is 3.04. The summed E-state index contributed by atoms with van der Waals surface area (Å²) < 4.78 is 0. The Kier molecular flexibility index (Phi) is 16.1. The zero-order valence-corrected chi connectivity index (χ0v) is 14.0. The van der Waals surface area contributed by atoms with Crippen LogP contribution in [0.4, 0.5) is 0 Å². The van der Waals surface area contributed by atoms with Gasteiger partial charge >= 0.3 is 0 Å². The summed E-state index contributed by atoms with van der Waals surface area (Å²) in [5.41, 5.74) is 0. The van der Waals surface area contributed by atoms with Crippen LogP contribution in [0.15, 0.2) is 0 Å². The van der Waals surface area contributed by atoms with Crippen LogP contribution >= 0.6 is 0 Å². The van der Waals surface area contributed by atoms with Gasteiger partial charge in [0.2, 0.25) is 5.91 Å². The van der Waals surface area contributed by atoms with Crippen LogP contribution in [-0.2, 0) is 4.79 Å². The maximum Gasteiger partial charge on any atom is 0.219 e. The van der Waals surface area contributed by atoms with Gasteiger partial charge in [0.1, 0.15) is 0 Å². The summed E-state index contributed by atoms with van der Waals surface area (Å²) in [4.78, 5) is 11.4. The predicted octanol–water partition coefficient (Wildman–Crippen LogP) is 5.60. The molecule has 0 atom stereocenters. The van der Waals surface area contributed by atoms with Crippen molar-refractivity contribution in [2.45, 2.75) is 104 Å². The van der Waals surface area contributed by atoms with Crippen molar-refractivity contribution in [2.75, 3.05) is 6.54 Å². The molecule has 0 bridgehead atoms. The molecule has 0 aliphatic heterocycles. The van der Waals surface area contributed by atoms with Gasteiger partial charge in [-0.25, -0.2) is 0 Å². The minimum absolute atomic E-state index is 0.235. The Hall–Kier alpha value is -0.530. The fourth-order valence-corrected chi connectivity index (χ4v) is 2.48. The van der Waals surface area contributed by atoms with E-state index in [1.165, 1.54) is 70.6 Å². The second-order valence-electron chi connectivity index (χ2n) is 5.99. The van der Waals surface area contributed by atoms with Crippen LogP contribution in [0, 0.1) is 0 Å². The fourth-order valence-electron chi connectivity index (χ4n) is 2.48. The number of carbonyl (C=O) groups is 1. The highest BCUT2D eigenvalue weighted by Gasteiger charge is 1.99. The molecule has 120 valence electrons. The van der Waals surface area contributed by atoms with E-state index >= 15 is 0 Å². The maximum atomic E-state index is 11.4. The highest BCUT2D eigenvalue weighted by molar-refractivity contribution is 5.75. The van der Waals surface area contributed by atoms with Crippen molar-refractivity contribution in [3.05, 3.63) is 0 Å².